The third-order valence-electron chi connectivity index (χ3n) is 3.10. The van der Waals surface area contributed by atoms with Crippen LogP contribution in [0, 0.1) is 0 Å². The van der Waals surface area contributed by atoms with Crippen LogP contribution in [0.1, 0.15) is 5.56 Å². The summed E-state index contributed by atoms with van der Waals surface area (Å²) in [7, 11) is 0. The molecule has 78 valence electrons. The number of hydrogen-bond acceptors (Lipinski definition) is 2. The average molecular weight is 223 g/mol. The van der Waals surface area contributed by atoms with Crippen LogP contribution in [0.5, 0.6) is 0 Å². The summed E-state index contributed by atoms with van der Waals surface area (Å²) >= 11 is 5.96. The minimum Gasteiger partial charge on any atom is -0.357 e. The van der Waals surface area contributed by atoms with Gasteiger partial charge in [0.05, 0.1) is 0 Å². The van der Waals surface area contributed by atoms with Crippen molar-refractivity contribution in [2.45, 2.75) is 12.5 Å². The lowest BCUT2D eigenvalue weighted by atomic mass is 10.1. The van der Waals surface area contributed by atoms with E-state index in [1.807, 2.05) is 18.2 Å². The molecule has 0 spiro atoms. The normalized spacial score (nSPS) is 23.4. The Morgan fingerprint density at radius 2 is 2.33 bits per heavy atom. The molecule has 1 unspecified atom stereocenters. The molecule has 0 saturated carbocycles. The highest BCUT2D eigenvalue weighted by Crippen LogP contribution is 2.34. The lowest BCUT2D eigenvalue weighted by Gasteiger charge is -2.31. The third kappa shape index (κ3) is 1.30. The third-order valence-corrected chi connectivity index (χ3v) is 3.34. The quantitative estimate of drug-likeness (QED) is 0.716. The highest BCUT2D eigenvalue weighted by atomic mass is 35.5. The summed E-state index contributed by atoms with van der Waals surface area (Å²) in [6, 6.07) is 5.84. The van der Waals surface area contributed by atoms with Gasteiger partial charge in [-0.1, -0.05) is 17.7 Å². The molecule has 0 aliphatic carbocycles. The van der Waals surface area contributed by atoms with E-state index in [4.69, 9.17) is 11.6 Å². The SMILES string of the molecule is O=C1NCCN2c3cc(Cl)ccc3CC12. The molecule has 0 aromatic heterocycles. The van der Waals surface area contributed by atoms with Gasteiger partial charge in [0, 0.05) is 30.2 Å². The molecule has 4 heteroatoms. The predicted octanol–water partition coefficient (Wildman–Crippen LogP) is 1.20. The number of nitrogens with one attached hydrogen (secondary N) is 1. The van der Waals surface area contributed by atoms with Gasteiger partial charge in [0.25, 0.3) is 0 Å². The lowest BCUT2D eigenvalue weighted by molar-refractivity contribution is -0.123. The van der Waals surface area contributed by atoms with Crippen molar-refractivity contribution in [1.29, 1.82) is 0 Å². The molecule has 2 heterocycles. The Bertz CT molecular complexity index is 433. The zero-order valence-electron chi connectivity index (χ0n) is 8.16. The number of rotatable bonds is 0. The van der Waals surface area contributed by atoms with E-state index in [2.05, 4.69) is 10.2 Å². The summed E-state index contributed by atoms with van der Waals surface area (Å²) < 4.78 is 0. The van der Waals surface area contributed by atoms with Crippen LogP contribution < -0.4 is 10.2 Å². The number of amides is 1. The van der Waals surface area contributed by atoms with E-state index in [0.717, 1.165) is 30.2 Å². The molecule has 1 aromatic rings. The van der Waals surface area contributed by atoms with Gasteiger partial charge in [-0.3, -0.25) is 4.79 Å². The minimum absolute atomic E-state index is 0.0211. The fraction of sp³-hybridized carbons (Fsp3) is 0.364. The second-order valence-corrected chi connectivity index (χ2v) is 4.41. The predicted molar refractivity (Wildman–Crippen MR) is 59.3 cm³/mol. The van der Waals surface area contributed by atoms with Crippen molar-refractivity contribution in [3.8, 4) is 0 Å². The summed E-state index contributed by atoms with van der Waals surface area (Å²) in [5, 5.41) is 3.63. The number of halogens is 1. The Hall–Kier alpha value is -1.22. The Labute approximate surface area is 93.0 Å². The molecule has 0 radical (unpaired) electrons. The van der Waals surface area contributed by atoms with Gasteiger partial charge in [-0.2, -0.15) is 0 Å². The van der Waals surface area contributed by atoms with E-state index in [1.54, 1.807) is 0 Å². The Morgan fingerprint density at radius 3 is 3.20 bits per heavy atom. The number of benzene rings is 1. The number of carbonyl (C=O) groups excluding carboxylic acids is 1. The molecule has 1 aromatic carbocycles. The fourth-order valence-electron chi connectivity index (χ4n) is 2.39. The number of hydrogen-bond donors (Lipinski definition) is 1. The molecular weight excluding hydrogens is 212 g/mol. The number of carbonyl (C=O) groups is 1. The highest BCUT2D eigenvalue weighted by molar-refractivity contribution is 6.30. The van der Waals surface area contributed by atoms with Crippen LogP contribution in [0.25, 0.3) is 0 Å². The standard InChI is InChI=1S/C11H11ClN2O/c12-8-2-1-7-5-10-11(15)13-3-4-14(10)9(7)6-8/h1-2,6,10H,3-5H2,(H,13,15). The maximum atomic E-state index is 11.6. The number of piperazine rings is 1. The fourth-order valence-corrected chi connectivity index (χ4v) is 2.56. The first-order chi connectivity index (χ1) is 7.25. The van der Waals surface area contributed by atoms with Gasteiger partial charge >= 0.3 is 0 Å². The van der Waals surface area contributed by atoms with Crippen molar-refractivity contribution in [2.24, 2.45) is 0 Å². The van der Waals surface area contributed by atoms with Gasteiger partial charge in [0.2, 0.25) is 5.91 Å². The van der Waals surface area contributed by atoms with Crippen LogP contribution in [-0.2, 0) is 11.2 Å². The number of fused-ring (bicyclic) bond motifs is 3. The van der Waals surface area contributed by atoms with Crippen LogP contribution in [0.15, 0.2) is 18.2 Å². The molecular formula is C11H11ClN2O. The molecule has 2 aliphatic rings. The van der Waals surface area contributed by atoms with Crippen LogP contribution in [0.4, 0.5) is 5.69 Å². The smallest absolute Gasteiger partial charge is 0.243 e. The Kier molecular flexibility index (Phi) is 1.89. The molecule has 1 amide bonds. The summed E-state index contributed by atoms with van der Waals surface area (Å²) in [5.74, 6) is 0.133. The molecule has 3 rings (SSSR count). The molecule has 3 nitrogen and oxygen atoms in total. The zero-order chi connectivity index (χ0) is 10.4. The van der Waals surface area contributed by atoms with Crippen molar-refractivity contribution >= 4 is 23.2 Å². The molecule has 1 saturated heterocycles. The summed E-state index contributed by atoms with van der Waals surface area (Å²) in [6.07, 6.45) is 0.804. The van der Waals surface area contributed by atoms with E-state index in [-0.39, 0.29) is 11.9 Å². The Balaban J connectivity index is 2.05. The zero-order valence-corrected chi connectivity index (χ0v) is 8.92. The van der Waals surface area contributed by atoms with Crippen molar-refractivity contribution in [3.05, 3.63) is 28.8 Å². The minimum atomic E-state index is -0.0211. The van der Waals surface area contributed by atoms with Gasteiger partial charge in [0.1, 0.15) is 6.04 Å². The first-order valence-corrected chi connectivity index (χ1v) is 5.46. The van der Waals surface area contributed by atoms with E-state index in [0.29, 0.717) is 0 Å². The van der Waals surface area contributed by atoms with E-state index in [1.165, 1.54) is 5.56 Å². The average Bonchev–Trinajstić information content (AvgIpc) is 2.58. The van der Waals surface area contributed by atoms with Crippen LogP contribution >= 0.6 is 11.6 Å². The van der Waals surface area contributed by atoms with Crippen LogP contribution in [0.3, 0.4) is 0 Å². The van der Waals surface area contributed by atoms with Gasteiger partial charge in [-0.05, 0) is 17.7 Å². The van der Waals surface area contributed by atoms with Crippen molar-refractivity contribution in [1.82, 2.24) is 5.32 Å². The summed E-state index contributed by atoms with van der Waals surface area (Å²) in [6.45, 7) is 1.60. The summed E-state index contributed by atoms with van der Waals surface area (Å²) in [5.41, 5.74) is 2.35. The maximum Gasteiger partial charge on any atom is 0.243 e. The van der Waals surface area contributed by atoms with Gasteiger partial charge in [0.15, 0.2) is 0 Å². The van der Waals surface area contributed by atoms with Crippen LogP contribution in [0.2, 0.25) is 5.02 Å². The first-order valence-electron chi connectivity index (χ1n) is 5.08. The molecule has 1 fully saturated rings. The van der Waals surface area contributed by atoms with E-state index in [9.17, 15) is 4.79 Å². The molecule has 15 heavy (non-hydrogen) atoms. The van der Waals surface area contributed by atoms with Gasteiger partial charge < -0.3 is 10.2 Å². The van der Waals surface area contributed by atoms with Gasteiger partial charge in [-0.15, -0.1) is 0 Å². The molecule has 0 bridgehead atoms. The number of nitrogens with zero attached hydrogens (tertiary/aromatic N) is 1. The summed E-state index contributed by atoms with van der Waals surface area (Å²) in [4.78, 5) is 13.8. The number of anilines is 1. The first kappa shape index (κ1) is 9.04. The highest BCUT2D eigenvalue weighted by Gasteiger charge is 2.36. The Morgan fingerprint density at radius 1 is 1.47 bits per heavy atom. The van der Waals surface area contributed by atoms with Crippen LogP contribution in [-0.4, -0.2) is 25.0 Å². The monoisotopic (exact) mass is 222 g/mol. The lowest BCUT2D eigenvalue weighted by Crippen LogP contribution is -2.53. The maximum absolute atomic E-state index is 11.6. The van der Waals surface area contributed by atoms with E-state index < -0.39 is 0 Å². The second-order valence-electron chi connectivity index (χ2n) is 3.98. The molecule has 2 aliphatic heterocycles. The van der Waals surface area contributed by atoms with Crippen molar-refractivity contribution in [2.75, 3.05) is 18.0 Å². The topological polar surface area (TPSA) is 32.3 Å². The van der Waals surface area contributed by atoms with Gasteiger partial charge in [-0.25, -0.2) is 0 Å². The second kappa shape index (κ2) is 3.14. The van der Waals surface area contributed by atoms with Crippen molar-refractivity contribution < 1.29 is 4.79 Å². The van der Waals surface area contributed by atoms with E-state index >= 15 is 0 Å². The largest absolute Gasteiger partial charge is 0.357 e. The molecule has 1 N–H and O–H groups in total. The van der Waals surface area contributed by atoms with Crippen molar-refractivity contribution in [3.63, 3.8) is 0 Å². The molecule has 1 atom stereocenters.